The van der Waals surface area contributed by atoms with Gasteiger partial charge in [-0.1, -0.05) is 11.8 Å². The Balaban J connectivity index is 1.66. The van der Waals surface area contributed by atoms with Crippen molar-refractivity contribution in [2.24, 2.45) is 0 Å². The molecule has 0 aliphatic heterocycles. The first-order valence-corrected chi connectivity index (χ1v) is 8.55. The summed E-state index contributed by atoms with van der Waals surface area (Å²) >= 11 is 1.23. The van der Waals surface area contributed by atoms with Crippen molar-refractivity contribution >= 4 is 34.4 Å². The van der Waals surface area contributed by atoms with E-state index < -0.39 is 0 Å². The van der Waals surface area contributed by atoms with Crippen molar-refractivity contribution < 1.29 is 14.6 Å². The second-order valence-electron chi connectivity index (χ2n) is 5.37. The monoisotopic (exact) mass is 369 g/mol. The van der Waals surface area contributed by atoms with E-state index in [-0.39, 0.29) is 17.4 Å². The summed E-state index contributed by atoms with van der Waals surface area (Å²) in [6.07, 6.45) is 1.55. The predicted octanol–water partition coefficient (Wildman–Crippen LogP) is 2.58. The number of carbonyl (C=O) groups is 1. The standard InChI is InChI=1S/C17H15N5O3S/c1-9-11(6-18)19-7-12-16(9)22-17(21-12)26-8-15(24)20-10-3-4-14(25-2)13(23)5-10/h3-5,7,23H,8H2,1-2H3,(H,20,24)(H,21,22). The van der Waals surface area contributed by atoms with Crippen LogP contribution in [0.1, 0.15) is 11.3 Å². The number of fused-ring (bicyclic) bond motifs is 1. The van der Waals surface area contributed by atoms with Gasteiger partial charge < -0.3 is 20.1 Å². The van der Waals surface area contributed by atoms with Crippen LogP contribution in [0.3, 0.4) is 0 Å². The highest BCUT2D eigenvalue weighted by molar-refractivity contribution is 7.99. The Kier molecular flexibility index (Phi) is 4.95. The Hall–Kier alpha value is -3.25. The lowest BCUT2D eigenvalue weighted by Gasteiger charge is -2.07. The molecule has 0 saturated heterocycles. The fourth-order valence-corrected chi connectivity index (χ4v) is 3.04. The zero-order chi connectivity index (χ0) is 18.7. The number of benzene rings is 1. The summed E-state index contributed by atoms with van der Waals surface area (Å²) in [5, 5.41) is 22.0. The van der Waals surface area contributed by atoms with Gasteiger partial charge in [-0.3, -0.25) is 4.79 Å². The van der Waals surface area contributed by atoms with E-state index in [1.807, 2.05) is 6.07 Å². The number of pyridine rings is 1. The number of phenolic OH excluding ortho intramolecular Hbond substituents is 1. The smallest absolute Gasteiger partial charge is 0.234 e. The largest absolute Gasteiger partial charge is 0.504 e. The van der Waals surface area contributed by atoms with Crippen molar-refractivity contribution in [3.8, 4) is 17.6 Å². The lowest BCUT2D eigenvalue weighted by molar-refractivity contribution is -0.113. The predicted molar refractivity (Wildman–Crippen MR) is 97.4 cm³/mol. The van der Waals surface area contributed by atoms with E-state index in [9.17, 15) is 9.90 Å². The van der Waals surface area contributed by atoms with Gasteiger partial charge in [0.2, 0.25) is 5.91 Å². The van der Waals surface area contributed by atoms with Crippen LogP contribution in [-0.2, 0) is 4.79 Å². The van der Waals surface area contributed by atoms with E-state index in [1.165, 1.54) is 24.9 Å². The highest BCUT2D eigenvalue weighted by Gasteiger charge is 2.12. The molecule has 1 amide bonds. The molecule has 3 rings (SSSR count). The van der Waals surface area contributed by atoms with Crippen LogP contribution in [0.2, 0.25) is 0 Å². The van der Waals surface area contributed by atoms with Crippen molar-refractivity contribution in [2.45, 2.75) is 12.1 Å². The number of anilines is 1. The van der Waals surface area contributed by atoms with Gasteiger partial charge in [0.1, 0.15) is 11.8 Å². The number of aromatic hydroxyl groups is 1. The first-order chi connectivity index (χ1) is 12.5. The van der Waals surface area contributed by atoms with E-state index in [0.717, 1.165) is 0 Å². The molecule has 0 radical (unpaired) electrons. The molecule has 0 saturated carbocycles. The number of hydrogen-bond acceptors (Lipinski definition) is 7. The molecular formula is C17H15N5O3S. The molecular weight excluding hydrogens is 354 g/mol. The Labute approximate surface area is 153 Å². The molecule has 0 aliphatic carbocycles. The second kappa shape index (κ2) is 7.33. The summed E-state index contributed by atoms with van der Waals surface area (Å²) in [5.74, 6) is 0.170. The molecule has 3 aromatic rings. The van der Waals surface area contributed by atoms with E-state index >= 15 is 0 Å². The number of phenols is 1. The fourth-order valence-electron chi connectivity index (χ4n) is 2.36. The average molecular weight is 369 g/mol. The van der Waals surface area contributed by atoms with Gasteiger partial charge in [-0.2, -0.15) is 5.26 Å². The molecule has 26 heavy (non-hydrogen) atoms. The SMILES string of the molecule is COc1ccc(NC(=O)CSc2nc3c(C)c(C#N)ncc3[nH]2)cc1O. The highest BCUT2D eigenvalue weighted by atomic mass is 32.2. The number of amides is 1. The minimum atomic E-state index is -0.243. The lowest BCUT2D eigenvalue weighted by atomic mass is 10.2. The number of methoxy groups -OCH3 is 1. The quantitative estimate of drug-likeness (QED) is 0.590. The molecule has 0 atom stereocenters. The van der Waals surface area contributed by atoms with Gasteiger partial charge in [0.15, 0.2) is 16.7 Å². The van der Waals surface area contributed by atoms with Gasteiger partial charge in [0, 0.05) is 17.3 Å². The van der Waals surface area contributed by atoms with Crippen LogP contribution in [0.25, 0.3) is 11.0 Å². The number of hydrogen-bond donors (Lipinski definition) is 3. The normalized spacial score (nSPS) is 10.5. The molecule has 0 fully saturated rings. The first-order valence-electron chi connectivity index (χ1n) is 7.57. The summed E-state index contributed by atoms with van der Waals surface area (Å²) in [6.45, 7) is 1.78. The van der Waals surface area contributed by atoms with Crippen LogP contribution in [0.5, 0.6) is 11.5 Å². The minimum Gasteiger partial charge on any atom is -0.504 e. The number of H-pyrrole nitrogens is 1. The van der Waals surface area contributed by atoms with Gasteiger partial charge >= 0.3 is 0 Å². The molecule has 2 aromatic heterocycles. The van der Waals surface area contributed by atoms with Crippen LogP contribution >= 0.6 is 11.8 Å². The molecule has 3 N–H and O–H groups in total. The third-order valence-corrected chi connectivity index (χ3v) is 4.53. The molecule has 2 heterocycles. The van der Waals surface area contributed by atoms with Gasteiger partial charge in [0.05, 0.1) is 30.1 Å². The zero-order valence-electron chi connectivity index (χ0n) is 14.0. The number of aromatic nitrogens is 3. The van der Waals surface area contributed by atoms with Crippen LogP contribution in [0.4, 0.5) is 5.69 Å². The number of thioether (sulfide) groups is 1. The number of aryl methyl sites for hydroxylation is 1. The lowest BCUT2D eigenvalue weighted by Crippen LogP contribution is -2.14. The number of rotatable bonds is 5. The molecule has 132 valence electrons. The van der Waals surface area contributed by atoms with Gasteiger partial charge in [-0.25, -0.2) is 9.97 Å². The minimum absolute atomic E-state index is 0.0495. The van der Waals surface area contributed by atoms with Gasteiger partial charge in [-0.05, 0) is 19.1 Å². The summed E-state index contributed by atoms with van der Waals surface area (Å²) in [6, 6.07) is 6.65. The van der Waals surface area contributed by atoms with Crippen LogP contribution in [-0.4, -0.2) is 38.8 Å². The Morgan fingerprint density at radius 1 is 1.50 bits per heavy atom. The molecule has 9 heteroatoms. The van der Waals surface area contributed by atoms with E-state index in [1.54, 1.807) is 25.3 Å². The Bertz CT molecular complexity index is 1030. The summed E-state index contributed by atoms with van der Waals surface area (Å²) in [5.41, 5.74) is 2.88. The number of imidazole rings is 1. The third kappa shape index (κ3) is 3.55. The van der Waals surface area contributed by atoms with E-state index in [2.05, 4.69) is 20.3 Å². The number of nitrogens with zero attached hydrogens (tertiary/aromatic N) is 3. The van der Waals surface area contributed by atoms with Crippen molar-refractivity contribution in [3.63, 3.8) is 0 Å². The number of nitriles is 1. The van der Waals surface area contributed by atoms with Crippen LogP contribution < -0.4 is 10.1 Å². The molecule has 0 unspecified atom stereocenters. The third-order valence-electron chi connectivity index (χ3n) is 3.65. The summed E-state index contributed by atoms with van der Waals surface area (Å²) in [4.78, 5) is 23.6. The zero-order valence-corrected chi connectivity index (χ0v) is 14.8. The van der Waals surface area contributed by atoms with Crippen molar-refractivity contribution in [2.75, 3.05) is 18.2 Å². The topological polar surface area (TPSA) is 124 Å². The second-order valence-corrected chi connectivity index (χ2v) is 6.34. The maximum Gasteiger partial charge on any atom is 0.234 e. The first kappa shape index (κ1) is 17.6. The van der Waals surface area contributed by atoms with E-state index in [0.29, 0.717) is 38.9 Å². The number of ether oxygens (including phenoxy) is 1. The van der Waals surface area contributed by atoms with Crippen LogP contribution in [0.15, 0.2) is 29.6 Å². The summed E-state index contributed by atoms with van der Waals surface area (Å²) < 4.78 is 4.96. The molecule has 0 bridgehead atoms. The number of carbonyl (C=O) groups excluding carboxylic acids is 1. The Morgan fingerprint density at radius 3 is 3.00 bits per heavy atom. The van der Waals surface area contributed by atoms with Gasteiger partial charge in [0.25, 0.3) is 0 Å². The molecule has 0 aliphatic rings. The number of aromatic amines is 1. The van der Waals surface area contributed by atoms with E-state index in [4.69, 9.17) is 10.00 Å². The van der Waals surface area contributed by atoms with Crippen molar-refractivity contribution in [3.05, 3.63) is 35.7 Å². The van der Waals surface area contributed by atoms with Crippen molar-refractivity contribution in [1.29, 1.82) is 5.26 Å². The maximum atomic E-state index is 12.1. The summed E-state index contributed by atoms with van der Waals surface area (Å²) in [7, 11) is 1.45. The van der Waals surface area contributed by atoms with Crippen LogP contribution in [0, 0.1) is 18.3 Å². The molecule has 0 spiro atoms. The molecule has 1 aromatic carbocycles. The average Bonchev–Trinajstić information content (AvgIpc) is 3.05. The van der Waals surface area contributed by atoms with Gasteiger partial charge in [-0.15, -0.1) is 0 Å². The molecule has 8 nitrogen and oxygen atoms in total. The fraction of sp³-hybridized carbons (Fsp3) is 0.176. The highest BCUT2D eigenvalue weighted by Crippen LogP contribution is 2.29. The maximum absolute atomic E-state index is 12.1. The number of nitrogens with one attached hydrogen (secondary N) is 2. The van der Waals surface area contributed by atoms with Crippen molar-refractivity contribution in [1.82, 2.24) is 15.0 Å². The Morgan fingerprint density at radius 2 is 2.31 bits per heavy atom.